The van der Waals surface area contributed by atoms with Gasteiger partial charge in [-0.3, -0.25) is 4.79 Å². The maximum absolute atomic E-state index is 10.8. The fourth-order valence-electron chi connectivity index (χ4n) is 1.12. The molecule has 1 saturated heterocycles. The van der Waals surface area contributed by atoms with E-state index >= 15 is 0 Å². The molecular formula is C6H10ClNO2. The number of nitrogens with one attached hydrogen (secondary N) is 1. The molecule has 0 radical (unpaired) electrons. The van der Waals surface area contributed by atoms with E-state index in [9.17, 15) is 4.79 Å². The largest absolute Gasteiger partial charge is 0.347 e. The van der Waals surface area contributed by atoms with Crippen molar-refractivity contribution in [3.8, 4) is 0 Å². The Morgan fingerprint density at radius 2 is 2.10 bits per heavy atom. The van der Waals surface area contributed by atoms with E-state index in [4.69, 9.17) is 11.9 Å². The molecule has 4 heteroatoms. The summed E-state index contributed by atoms with van der Waals surface area (Å²) in [4.78, 5) is 10.8. The van der Waals surface area contributed by atoms with Gasteiger partial charge < -0.3 is 9.61 Å². The fraction of sp³-hybridized carbons (Fsp3) is 0.833. The molecule has 0 spiro atoms. The van der Waals surface area contributed by atoms with Crippen molar-refractivity contribution in [2.75, 3.05) is 13.1 Å². The van der Waals surface area contributed by atoms with Crippen LogP contribution in [0.3, 0.4) is 0 Å². The van der Waals surface area contributed by atoms with Crippen LogP contribution in [0.5, 0.6) is 0 Å². The van der Waals surface area contributed by atoms with Gasteiger partial charge in [0.05, 0.1) is 5.92 Å². The fourth-order valence-corrected chi connectivity index (χ4v) is 1.25. The van der Waals surface area contributed by atoms with Gasteiger partial charge in [-0.25, -0.2) is 0 Å². The molecule has 10 heavy (non-hydrogen) atoms. The Morgan fingerprint density at radius 1 is 1.50 bits per heavy atom. The summed E-state index contributed by atoms with van der Waals surface area (Å²) in [6, 6.07) is 0. The molecule has 0 aromatic heterocycles. The SMILES string of the molecule is O=C(OCl)C1CCNCC1. The number of carbonyl (C=O) groups is 1. The van der Waals surface area contributed by atoms with Crippen LogP contribution in [0.4, 0.5) is 0 Å². The average molecular weight is 164 g/mol. The van der Waals surface area contributed by atoms with Crippen LogP contribution in [-0.2, 0) is 9.08 Å². The molecule has 1 aliphatic rings. The molecule has 0 aliphatic carbocycles. The van der Waals surface area contributed by atoms with Crippen molar-refractivity contribution in [2.24, 2.45) is 5.92 Å². The lowest BCUT2D eigenvalue weighted by molar-refractivity contribution is -0.139. The van der Waals surface area contributed by atoms with Crippen LogP contribution in [0.15, 0.2) is 0 Å². The third kappa shape index (κ3) is 1.85. The smallest absolute Gasteiger partial charge is 0.327 e. The second-order valence-corrected chi connectivity index (χ2v) is 2.57. The van der Waals surface area contributed by atoms with E-state index in [0.29, 0.717) is 0 Å². The minimum Gasteiger partial charge on any atom is -0.347 e. The van der Waals surface area contributed by atoms with Crippen LogP contribution in [-0.4, -0.2) is 19.1 Å². The monoisotopic (exact) mass is 163 g/mol. The maximum Gasteiger partial charge on any atom is 0.327 e. The lowest BCUT2D eigenvalue weighted by Crippen LogP contribution is -2.31. The average Bonchev–Trinajstić information content (AvgIpc) is 2.05. The number of carbonyl (C=O) groups excluding carboxylic acids is 1. The van der Waals surface area contributed by atoms with Crippen LogP contribution < -0.4 is 5.32 Å². The molecule has 0 saturated carbocycles. The van der Waals surface area contributed by atoms with Gasteiger partial charge in [-0.1, -0.05) is 0 Å². The van der Waals surface area contributed by atoms with Gasteiger partial charge in [0.1, 0.15) is 11.9 Å². The summed E-state index contributed by atoms with van der Waals surface area (Å²) in [6.45, 7) is 1.77. The van der Waals surface area contributed by atoms with E-state index in [0.717, 1.165) is 25.9 Å². The van der Waals surface area contributed by atoms with E-state index in [1.165, 1.54) is 0 Å². The third-order valence-electron chi connectivity index (χ3n) is 1.75. The van der Waals surface area contributed by atoms with Crippen molar-refractivity contribution < 1.29 is 9.08 Å². The van der Waals surface area contributed by atoms with Crippen molar-refractivity contribution in [3.05, 3.63) is 0 Å². The van der Waals surface area contributed by atoms with Gasteiger partial charge in [0.25, 0.3) is 0 Å². The highest BCUT2D eigenvalue weighted by Crippen LogP contribution is 2.13. The van der Waals surface area contributed by atoms with Crippen molar-refractivity contribution in [1.29, 1.82) is 0 Å². The number of rotatable bonds is 1. The van der Waals surface area contributed by atoms with Gasteiger partial charge in [-0.15, -0.1) is 0 Å². The summed E-state index contributed by atoms with van der Waals surface area (Å²) in [7, 11) is 0. The minimum absolute atomic E-state index is 0.0127. The predicted octanol–water partition coefficient (Wildman–Crippen LogP) is 0.683. The molecule has 58 valence electrons. The minimum atomic E-state index is -0.289. The van der Waals surface area contributed by atoms with Gasteiger partial charge in [-0.05, 0) is 25.9 Å². The van der Waals surface area contributed by atoms with Gasteiger partial charge in [0.2, 0.25) is 0 Å². The predicted molar refractivity (Wildman–Crippen MR) is 37.5 cm³/mol. The van der Waals surface area contributed by atoms with Gasteiger partial charge in [0, 0.05) is 0 Å². The summed E-state index contributed by atoms with van der Waals surface area (Å²) >= 11 is 4.92. The summed E-state index contributed by atoms with van der Waals surface area (Å²) in [5, 5.41) is 3.14. The first-order valence-corrected chi connectivity index (χ1v) is 3.68. The summed E-state index contributed by atoms with van der Waals surface area (Å²) in [5.41, 5.74) is 0. The molecule has 0 amide bonds. The first kappa shape index (κ1) is 7.82. The zero-order valence-corrected chi connectivity index (χ0v) is 6.36. The Hall–Kier alpha value is -0.280. The van der Waals surface area contributed by atoms with Crippen LogP contribution in [0.1, 0.15) is 12.8 Å². The molecule has 0 atom stereocenters. The lowest BCUT2D eigenvalue weighted by atomic mass is 9.99. The molecule has 0 bridgehead atoms. The first-order valence-electron chi connectivity index (χ1n) is 3.37. The van der Waals surface area contributed by atoms with Gasteiger partial charge >= 0.3 is 5.97 Å². The van der Waals surface area contributed by atoms with Crippen LogP contribution in [0.2, 0.25) is 0 Å². The van der Waals surface area contributed by atoms with Crippen molar-refractivity contribution in [3.63, 3.8) is 0 Å². The second kappa shape index (κ2) is 3.78. The normalized spacial score (nSPS) is 20.5. The lowest BCUT2D eigenvalue weighted by Gasteiger charge is -2.18. The van der Waals surface area contributed by atoms with Crippen LogP contribution in [0.25, 0.3) is 0 Å². The van der Waals surface area contributed by atoms with Crippen LogP contribution >= 0.6 is 11.9 Å². The van der Waals surface area contributed by atoms with Crippen molar-refractivity contribution >= 4 is 17.8 Å². The Morgan fingerprint density at radius 3 is 2.60 bits per heavy atom. The Kier molecular flexibility index (Phi) is 2.96. The highest BCUT2D eigenvalue weighted by atomic mass is 35.5. The molecule has 3 nitrogen and oxygen atoms in total. The summed E-state index contributed by atoms with van der Waals surface area (Å²) in [5.74, 6) is -0.276. The maximum atomic E-state index is 10.8. The molecule has 0 aromatic carbocycles. The Labute approximate surface area is 64.9 Å². The molecule has 1 fully saturated rings. The quantitative estimate of drug-likeness (QED) is 0.618. The van der Waals surface area contributed by atoms with E-state index in [-0.39, 0.29) is 11.9 Å². The molecule has 1 N–H and O–H groups in total. The molecule has 1 aliphatic heterocycles. The van der Waals surface area contributed by atoms with Gasteiger partial charge in [-0.2, -0.15) is 0 Å². The van der Waals surface area contributed by atoms with E-state index in [1.807, 2.05) is 0 Å². The molecule has 1 heterocycles. The number of hydrogen-bond acceptors (Lipinski definition) is 3. The zero-order valence-electron chi connectivity index (χ0n) is 5.60. The van der Waals surface area contributed by atoms with E-state index in [2.05, 4.69) is 9.61 Å². The molecule has 0 unspecified atom stereocenters. The van der Waals surface area contributed by atoms with E-state index in [1.54, 1.807) is 0 Å². The van der Waals surface area contributed by atoms with Gasteiger partial charge in [0.15, 0.2) is 0 Å². The number of piperidine rings is 1. The zero-order chi connectivity index (χ0) is 7.40. The Bertz CT molecular complexity index is 123. The standard InChI is InChI=1S/C6H10ClNO2/c7-10-6(9)5-1-3-8-4-2-5/h5,8H,1-4H2. The number of hydrogen-bond donors (Lipinski definition) is 1. The number of halogens is 1. The molecule has 1 rings (SSSR count). The third-order valence-corrected chi connectivity index (χ3v) is 1.90. The van der Waals surface area contributed by atoms with Crippen molar-refractivity contribution in [1.82, 2.24) is 5.32 Å². The van der Waals surface area contributed by atoms with E-state index < -0.39 is 0 Å². The highest BCUT2D eigenvalue weighted by molar-refractivity contribution is 6.13. The second-order valence-electron chi connectivity index (χ2n) is 2.42. The topological polar surface area (TPSA) is 38.3 Å². The summed E-state index contributed by atoms with van der Waals surface area (Å²) in [6.07, 6.45) is 1.68. The molecular weight excluding hydrogens is 154 g/mol. The van der Waals surface area contributed by atoms with Crippen LogP contribution in [0, 0.1) is 5.92 Å². The Balaban J connectivity index is 2.31. The summed E-state index contributed by atoms with van der Waals surface area (Å²) < 4.78 is 4.10. The molecule has 0 aromatic rings. The van der Waals surface area contributed by atoms with Crippen molar-refractivity contribution in [2.45, 2.75) is 12.8 Å². The highest BCUT2D eigenvalue weighted by Gasteiger charge is 2.21. The first-order chi connectivity index (χ1) is 4.84.